The van der Waals surface area contributed by atoms with Crippen molar-refractivity contribution in [3.8, 4) is 0 Å². The second-order valence-electron chi connectivity index (χ2n) is 4.19. The first kappa shape index (κ1) is 9.74. The van der Waals surface area contributed by atoms with Gasteiger partial charge in [0.25, 0.3) is 0 Å². The molecular formula is C11H17NO2. The summed E-state index contributed by atoms with van der Waals surface area (Å²) in [4.78, 5) is 0. The highest BCUT2D eigenvalue weighted by Crippen LogP contribution is 2.25. The van der Waals surface area contributed by atoms with E-state index in [1.165, 1.54) is 6.42 Å². The summed E-state index contributed by atoms with van der Waals surface area (Å²) in [6.07, 6.45) is 5.02. The van der Waals surface area contributed by atoms with Gasteiger partial charge in [0.1, 0.15) is 0 Å². The molecule has 14 heavy (non-hydrogen) atoms. The van der Waals surface area contributed by atoms with Gasteiger partial charge in [-0.25, -0.2) is 0 Å². The van der Waals surface area contributed by atoms with Gasteiger partial charge in [0.15, 0.2) is 0 Å². The highest BCUT2D eigenvalue weighted by Gasteiger charge is 2.26. The minimum atomic E-state index is -0.434. The largest absolute Gasteiger partial charge is 0.472 e. The predicted octanol–water partition coefficient (Wildman–Crippen LogP) is 1.70. The Morgan fingerprint density at radius 3 is 3.14 bits per heavy atom. The second kappa shape index (κ2) is 4.15. The highest BCUT2D eigenvalue weighted by atomic mass is 16.3. The van der Waals surface area contributed by atoms with Crippen LogP contribution in [0.15, 0.2) is 23.0 Å². The van der Waals surface area contributed by atoms with Crippen molar-refractivity contribution in [1.82, 2.24) is 5.32 Å². The van der Waals surface area contributed by atoms with Crippen LogP contribution in [0.25, 0.3) is 0 Å². The predicted molar refractivity (Wildman–Crippen MR) is 53.9 cm³/mol. The number of nitrogens with one attached hydrogen (secondary N) is 1. The molecule has 1 aliphatic rings. The molecular weight excluding hydrogens is 178 g/mol. The summed E-state index contributed by atoms with van der Waals surface area (Å²) in [6, 6.07) is 2.00. The van der Waals surface area contributed by atoms with Crippen LogP contribution in [0.5, 0.6) is 0 Å². The van der Waals surface area contributed by atoms with Crippen molar-refractivity contribution >= 4 is 0 Å². The first-order valence-electron chi connectivity index (χ1n) is 5.21. The van der Waals surface area contributed by atoms with Gasteiger partial charge in [0.05, 0.1) is 18.6 Å². The fourth-order valence-electron chi connectivity index (χ4n) is 2.07. The molecule has 2 rings (SSSR count). The fraction of sp³-hybridized carbons (Fsp3) is 0.636. The third-order valence-electron chi connectivity index (χ3n) is 2.97. The molecule has 3 nitrogen and oxygen atoms in total. The number of furan rings is 1. The zero-order valence-electron chi connectivity index (χ0n) is 8.44. The van der Waals surface area contributed by atoms with E-state index in [0.717, 1.165) is 18.5 Å². The summed E-state index contributed by atoms with van der Waals surface area (Å²) < 4.78 is 4.97. The lowest BCUT2D eigenvalue weighted by Crippen LogP contribution is -2.41. The zero-order valence-corrected chi connectivity index (χ0v) is 8.44. The Bertz CT molecular complexity index is 271. The van der Waals surface area contributed by atoms with Gasteiger partial charge in [-0.05, 0) is 31.4 Å². The average molecular weight is 195 g/mol. The summed E-state index contributed by atoms with van der Waals surface area (Å²) in [6.45, 7) is 3.23. The van der Waals surface area contributed by atoms with Crippen molar-refractivity contribution < 1.29 is 9.52 Å². The number of aliphatic hydroxyl groups is 1. The highest BCUT2D eigenvalue weighted by molar-refractivity contribution is 5.12. The van der Waals surface area contributed by atoms with Gasteiger partial charge < -0.3 is 14.8 Å². The van der Waals surface area contributed by atoms with E-state index < -0.39 is 6.10 Å². The smallest absolute Gasteiger partial charge is 0.0973 e. The van der Waals surface area contributed by atoms with Gasteiger partial charge in [-0.2, -0.15) is 0 Å². The van der Waals surface area contributed by atoms with Crippen LogP contribution in [0.4, 0.5) is 0 Å². The second-order valence-corrected chi connectivity index (χ2v) is 4.19. The molecule has 0 bridgehead atoms. The molecule has 78 valence electrons. The lowest BCUT2D eigenvalue weighted by Gasteiger charge is -2.31. The lowest BCUT2D eigenvalue weighted by atomic mass is 9.89. The van der Waals surface area contributed by atoms with Gasteiger partial charge in [-0.15, -0.1) is 0 Å². The molecule has 0 aromatic carbocycles. The first-order chi connectivity index (χ1) is 6.77. The quantitative estimate of drug-likeness (QED) is 0.755. The van der Waals surface area contributed by atoms with E-state index in [9.17, 15) is 5.11 Å². The van der Waals surface area contributed by atoms with E-state index in [1.54, 1.807) is 12.5 Å². The molecule has 1 aromatic heterocycles. The van der Waals surface area contributed by atoms with Crippen molar-refractivity contribution in [2.45, 2.75) is 31.9 Å². The maximum atomic E-state index is 10.0. The van der Waals surface area contributed by atoms with E-state index in [4.69, 9.17) is 4.42 Å². The Balaban J connectivity index is 2.00. The van der Waals surface area contributed by atoms with Crippen LogP contribution < -0.4 is 5.32 Å². The van der Waals surface area contributed by atoms with Gasteiger partial charge >= 0.3 is 0 Å². The summed E-state index contributed by atoms with van der Waals surface area (Å²) in [5.41, 5.74) is 0.872. The van der Waals surface area contributed by atoms with Crippen molar-refractivity contribution in [2.75, 3.05) is 6.54 Å². The molecule has 1 fully saturated rings. The van der Waals surface area contributed by atoms with Crippen LogP contribution in [-0.4, -0.2) is 17.7 Å². The van der Waals surface area contributed by atoms with E-state index in [0.29, 0.717) is 5.92 Å². The molecule has 0 aliphatic carbocycles. The summed E-state index contributed by atoms with van der Waals surface area (Å²) in [7, 11) is 0. The fourth-order valence-corrected chi connectivity index (χ4v) is 2.07. The molecule has 3 atom stereocenters. The maximum absolute atomic E-state index is 10.0. The lowest BCUT2D eigenvalue weighted by molar-refractivity contribution is 0.101. The van der Waals surface area contributed by atoms with Crippen molar-refractivity contribution in [1.29, 1.82) is 0 Å². The molecule has 0 amide bonds. The number of hydrogen-bond acceptors (Lipinski definition) is 3. The minimum absolute atomic E-state index is 0.177. The van der Waals surface area contributed by atoms with Crippen LogP contribution in [0.1, 0.15) is 31.4 Å². The number of hydrogen-bond donors (Lipinski definition) is 2. The van der Waals surface area contributed by atoms with Crippen LogP contribution in [0.3, 0.4) is 0 Å². The normalized spacial score (nSPS) is 30.1. The van der Waals surface area contributed by atoms with Gasteiger partial charge in [-0.1, -0.05) is 6.92 Å². The Morgan fingerprint density at radius 2 is 2.50 bits per heavy atom. The summed E-state index contributed by atoms with van der Waals surface area (Å²) >= 11 is 0. The third kappa shape index (κ3) is 1.99. The molecule has 0 radical (unpaired) electrons. The van der Waals surface area contributed by atoms with E-state index in [1.807, 2.05) is 6.07 Å². The molecule has 2 heterocycles. The van der Waals surface area contributed by atoms with Gasteiger partial charge in [0.2, 0.25) is 0 Å². The first-order valence-corrected chi connectivity index (χ1v) is 5.21. The molecule has 0 spiro atoms. The van der Waals surface area contributed by atoms with Crippen LogP contribution in [0.2, 0.25) is 0 Å². The minimum Gasteiger partial charge on any atom is -0.472 e. The van der Waals surface area contributed by atoms with E-state index >= 15 is 0 Å². The third-order valence-corrected chi connectivity index (χ3v) is 2.97. The van der Waals surface area contributed by atoms with Crippen molar-refractivity contribution in [3.63, 3.8) is 0 Å². The number of aliphatic hydroxyl groups excluding tert-OH is 1. The van der Waals surface area contributed by atoms with Crippen LogP contribution in [-0.2, 0) is 0 Å². The van der Waals surface area contributed by atoms with Crippen LogP contribution in [0, 0.1) is 5.92 Å². The monoisotopic (exact) mass is 195 g/mol. The van der Waals surface area contributed by atoms with Crippen molar-refractivity contribution in [3.05, 3.63) is 24.2 Å². The summed E-state index contributed by atoms with van der Waals surface area (Å²) in [5.74, 6) is 0.697. The Labute approximate surface area is 84.1 Å². The molecule has 1 aliphatic heterocycles. The zero-order chi connectivity index (χ0) is 9.97. The van der Waals surface area contributed by atoms with Gasteiger partial charge in [0, 0.05) is 11.6 Å². The topological polar surface area (TPSA) is 45.4 Å². The van der Waals surface area contributed by atoms with Crippen LogP contribution >= 0.6 is 0 Å². The molecule has 3 heteroatoms. The SMILES string of the molecule is CC1CCNC(C(O)c2ccoc2)C1. The Hall–Kier alpha value is -0.800. The Kier molecular flexibility index (Phi) is 2.89. The molecule has 1 aromatic rings. The molecule has 2 N–H and O–H groups in total. The number of rotatable bonds is 2. The average Bonchev–Trinajstić information content (AvgIpc) is 2.69. The van der Waals surface area contributed by atoms with E-state index in [-0.39, 0.29) is 6.04 Å². The summed E-state index contributed by atoms with van der Waals surface area (Å²) in [5, 5.41) is 13.4. The number of piperidine rings is 1. The standard InChI is InChI=1S/C11H17NO2/c1-8-2-4-12-10(6-8)11(13)9-3-5-14-7-9/h3,5,7-8,10-13H,2,4,6H2,1H3. The van der Waals surface area contributed by atoms with Crippen molar-refractivity contribution in [2.24, 2.45) is 5.92 Å². The van der Waals surface area contributed by atoms with Gasteiger partial charge in [-0.3, -0.25) is 0 Å². The molecule has 0 saturated carbocycles. The Morgan fingerprint density at radius 1 is 1.64 bits per heavy atom. The van der Waals surface area contributed by atoms with E-state index in [2.05, 4.69) is 12.2 Å². The molecule has 3 unspecified atom stereocenters. The molecule has 1 saturated heterocycles. The maximum Gasteiger partial charge on any atom is 0.0973 e.